The lowest BCUT2D eigenvalue weighted by Gasteiger charge is -2.30. The van der Waals surface area contributed by atoms with E-state index in [-0.39, 0.29) is 11.9 Å². The van der Waals surface area contributed by atoms with Gasteiger partial charge in [0.1, 0.15) is 5.82 Å². The summed E-state index contributed by atoms with van der Waals surface area (Å²) in [5.41, 5.74) is 2.30. The van der Waals surface area contributed by atoms with E-state index in [1.807, 2.05) is 36.3 Å². The van der Waals surface area contributed by atoms with Gasteiger partial charge in [-0.1, -0.05) is 30.3 Å². The molecule has 28 heavy (non-hydrogen) atoms. The zero-order valence-electron chi connectivity index (χ0n) is 16.3. The minimum Gasteiger partial charge on any atom is -0.336 e. The molecule has 1 amide bonds. The van der Waals surface area contributed by atoms with Crippen LogP contribution in [0.3, 0.4) is 0 Å². The first-order valence-electron chi connectivity index (χ1n) is 9.62. The van der Waals surface area contributed by atoms with Crippen molar-refractivity contribution in [2.45, 2.75) is 32.9 Å². The maximum atomic E-state index is 13.2. The second-order valence-electron chi connectivity index (χ2n) is 7.29. The van der Waals surface area contributed by atoms with Gasteiger partial charge < -0.3 is 4.90 Å². The van der Waals surface area contributed by atoms with Crippen molar-refractivity contribution in [2.24, 2.45) is 0 Å². The van der Waals surface area contributed by atoms with Crippen LogP contribution >= 0.6 is 11.3 Å². The maximum Gasteiger partial charge on any atom is 0.264 e. The van der Waals surface area contributed by atoms with E-state index in [2.05, 4.69) is 44.3 Å². The van der Waals surface area contributed by atoms with Gasteiger partial charge in [-0.3, -0.25) is 14.8 Å². The minimum atomic E-state index is -0.0307. The number of carbonyl (C=O) groups excluding carboxylic acids is 1. The van der Waals surface area contributed by atoms with Crippen molar-refractivity contribution in [1.82, 2.24) is 25.0 Å². The number of hydrogen-bond donors (Lipinski definition) is 1. The molecule has 7 heteroatoms. The van der Waals surface area contributed by atoms with E-state index in [1.54, 1.807) is 0 Å². The van der Waals surface area contributed by atoms with Crippen molar-refractivity contribution < 1.29 is 4.79 Å². The van der Waals surface area contributed by atoms with E-state index < -0.39 is 0 Å². The Morgan fingerprint density at radius 2 is 2.04 bits per heavy atom. The molecule has 1 aromatic carbocycles. The Kier molecular flexibility index (Phi) is 5.54. The first-order valence-corrected chi connectivity index (χ1v) is 10.5. The average Bonchev–Trinajstić information content (AvgIpc) is 3.26. The van der Waals surface area contributed by atoms with Gasteiger partial charge in [0, 0.05) is 26.2 Å². The number of nitrogens with zero attached hydrogens (tertiary/aromatic N) is 4. The van der Waals surface area contributed by atoms with E-state index in [9.17, 15) is 4.79 Å². The largest absolute Gasteiger partial charge is 0.336 e. The quantitative estimate of drug-likeness (QED) is 0.733. The summed E-state index contributed by atoms with van der Waals surface area (Å²) < 4.78 is 0. The molecule has 0 radical (unpaired) electrons. The van der Waals surface area contributed by atoms with Crippen molar-refractivity contribution in [3.05, 3.63) is 69.4 Å². The van der Waals surface area contributed by atoms with E-state index in [0.717, 1.165) is 48.1 Å². The highest BCUT2D eigenvalue weighted by atomic mass is 32.1. The zero-order valence-corrected chi connectivity index (χ0v) is 17.1. The van der Waals surface area contributed by atoms with Crippen molar-refractivity contribution >= 4 is 17.2 Å². The highest BCUT2D eigenvalue weighted by molar-refractivity contribution is 7.12. The van der Waals surface area contributed by atoms with Crippen LogP contribution in [0.1, 0.15) is 44.9 Å². The Labute approximate surface area is 169 Å². The zero-order chi connectivity index (χ0) is 19.5. The third-order valence-electron chi connectivity index (χ3n) is 5.19. The lowest BCUT2D eigenvalue weighted by atomic mass is 10.1. The molecule has 6 nitrogen and oxygen atoms in total. The van der Waals surface area contributed by atoms with Crippen molar-refractivity contribution in [3.8, 4) is 0 Å². The summed E-state index contributed by atoms with van der Waals surface area (Å²) in [6, 6.07) is 12.4. The van der Waals surface area contributed by atoms with Gasteiger partial charge in [-0.05, 0) is 42.8 Å². The molecule has 1 atom stereocenters. The summed E-state index contributed by atoms with van der Waals surface area (Å²) in [6.07, 6.45) is 0.933. The molecule has 0 bridgehead atoms. The van der Waals surface area contributed by atoms with E-state index in [4.69, 9.17) is 0 Å². The molecule has 1 aliphatic heterocycles. The van der Waals surface area contributed by atoms with Crippen LogP contribution in [0.2, 0.25) is 0 Å². The molecule has 1 fully saturated rings. The second-order valence-corrected chi connectivity index (χ2v) is 8.20. The molecule has 4 rings (SSSR count). The number of H-pyrrole nitrogens is 1. The number of carbonyl (C=O) groups is 1. The van der Waals surface area contributed by atoms with E-state index in [1.165, 1.54) is 16.9 Å². The Morgan fingerprint density at radius 3 is 2.71 bits per heavy atom. The second kappa shape index (κ2) is 8.24. The number of aromatic amines is 1. The number of aromatic nitrogens is 3. The SMILES string of the molecule is Cc1nc(C2CN(C(=O)c3sccc3C)CCCN2Cc2ccccc2)n[nH]1. The summed E-state index contributed by atoms with van der Waals surface area (Å²) >= 11 is 1.52. The highest BCUT2D eigenvalue weighted by Crippen LogP contribution is 2.27. The average molecular weight is 396 g/mol. The van der Waals surface area contributed by atoms with Gasteiger partial charge in [-0.2, -0.15) is 5.10 Å². The fourth-order valence-corrected chi connectivity index (χ4v) is 4.61. The number of rotatable bonds is 4. The molecule has 146 valence electrons. The Balaban J connectivity index is 1.61. The van der Waals surface area contributed by atoms with Crippen LogP contribution in [0.15, 0.2) is 41.8 Å². The van der Waals surface area contributed by atoms with Crippen LogP contribution in [0.4, 0.5) is 0 Å². The Hall–Kier alpha value is -2.51. The summed E-state index contributed by atoms with van der Waals surface area (Å²) in [5, 5.41) is 9.38. The number of hydrogen-bond acceptors (Lipinski definition) is 5. The summed E-state index contributed by atoms with van der Waals surface area (Å²) in [7, 11) is 0. The van der Waals surface area contributed by atoms with Crippen LogP contribution < -0.4 is 0 Å². The first kappa shape index (κ1) is 18.8. The van der Waals surface area contributed by atoms with Crippen molar-refractivity contribution in [1.29, 1.82) is 0 Å². The fourth-order valence-electron chi connectivity index (χ4n) is 3.72. The topological polar surface area (TPSA) is 65.1 Å². The smallest absolute Gasteiger partial charge is 0.264 e. The maximum absolute atomic E-state index is 13.2. The highest BCUT2D eigenvalue weighted by Gasteiger charge is 2.32. The minimum absolute atomic E-state index is 0.0307. The van der Waals surface area contributed by atoms with Crippen LogP contribution in [0.5, 0.6) is 0 Å². The number of benzene rings is 1. The van der Waals surface area contributed by atoms with E-state index >= 15 is 0 Å². The summed E-state index contributed by atoms with van der Waals surface area (Å²) in [6.45, 7) is 6.98. The molecule has 1 saturated heterocycles. The molecule has 0 aliphatic carbocycles. The number of nitrogens with one attached hydrogen (secondary N) is 1. The molecule has 3 aromatic rings. The molecule has 1 aliphatic rings. The van der Waals surface area contributed by atoms with Gasteiger partial charge >= 0.3 is 0 Å². The van der Waals surface area contributed by atoms with Gasteiger partial charge in [-0.15, -0.1) is 11.3 Å². The molecule has 1 N–H and O–H groups in total. The van der Waals surface area contributed by atoms with Gasteiger partial charge in [0.15, 0.2) is 5.82 Å². The van der Waals surface area contributed by atoms with Crippen molar-refractivity contribution in [3.63, 3.8) is 0 Å². The molecule has 1 unspecified atom stereocenters. The normalized spacial score (nSPS) is 18.2. The summed E-state index contributed by atoms with van der Waals surface area (Å²) in [4.78, 5) is 23.0. The third kappa shape index (κ3) is 4.00. The lowest BCUT2D eigenvalue weighted by Crippen LogP contribution is -2.38. The van der Waals surface area contributed by atoms with Crippen LogP contribution in [-0.4, -0.2) is 50.5 Å². The van der Waals surface area contributed by atoms with Gasteiger partial charge in [0.2, 0.25) is 0 Å². The van der Waals surface area contributed by atoms with Gasteiger partial charge in [0.05, 0.1) is 10.9 Å². The number of amides is 1. The monoisotopic (exact) mass is 395 g/mol. The molecule has 0 saturated carbocycles. The van der Waals surface area contributed by atoms with E-state index in [0.29, 0.717) is 6.54 Å². The van der Waals surface area contributed by atoms with Gasteiger partial charge in [0.25, 0.3) is 5.91 Å². The number of thiophene rings is 1. The predicted molar refractivity (Wildman–Crippen MR) is 110 cm³/mol. The standard InChI is InChI=1S/C21H25N5OS/c1-15-9-12-28-19(15)21(27)26-11-6-10-25(13-17-7-4-3-5-8-17)18(14-26)20-22-16(2)23-24-20/h3-5,7-9,12,18H,6,10-11,13-14H2,1-2H3,(H,22,23,24). The molecule has 0 spiro atoms. The van der Waals surface area contributed by atoms with Crippen LogP contribution in [0.25, 0.3) is 0 Å². The van der Waals surface area contributed by atoms with Crippen LogP contribution in [-0.2, 0) is 6.54 Å². The molecular weight excluding hydrogens is 370 g/mol. The Bertz CT molecular complexity index is 935. The Morgan fingerprint density at radius 1 is 1.21 bits per heavy atom. The lowest BCUT2D eigenvalue weighted by molar-refractivity contribution is 0.0730. The molecule has 2 aromatic heterocycles. The summed E-state index contributed by atoms with van der Waals surface area (Å²) in [5.74, 6) is 1.67. The first-order chi connectivity index (χ1) is 13.6. The molecular formula is C21H25N5OS. The third-order valence-corrected chi connectivity index (χ3v) is 6.20. The van der Waals surface area contributed by atoms with Gasteiger partial charge in [-0.25, -0.2) is 4.98 Å². The molecule has 3 heterocycles. The fraction of sp³-hybridized carbons (Fsp3) is 0.381. The predicted octanol–water partition coefficient (Wildman–Crippen LogP) is 3.57. The number of aryl methyl sites for hydroxylation is 2. The van der Waals surface area contributed by atoms with Crippen LogP contribution in [0, 0.1) is 13.8 Å². The van der Waals surface area contributed by atoms with Crippen molar-refractivity contribution in [2.75, 3.05) is 19.6 Å².